The largest absolute Gasteiger partial charge is 0.377 e. The van der Waals surface area contributed by atoms with Crippen molar-refractivity contribution in [1.82, 2.24) is 9.80 Å². The highest BCUT2D eigenvalue weighted by atomic mass is 16.5. The van der Waals surface area contributed by atoms with Crippen molar-refractivity contribution < 1.29 is 19.1 Å². The number of nitrogens with zero attached hydrogens (tertiary/aromatic N) is 2. The number of carbonyl (C=O) groups is 2. The molecule has 0 saturated heterocycles. The fourth-order valence-corrected chi connectivity index (χ4v) is 3.45. The molecule has 0 unspecified atom stereocenters. The number of unbranched alkanes of at least 4 members (excludes halogenated alkanes) is 2. The Morgan fingerprint density at radius 2 is 1.00 bits per heavy atom. The topological polar surface area (TPSA) is 83.1 Å². The number of ether oxygens (including phenoxy) is 2. The van der Waals surface area contributed by atoms with Crippen molar-refractivity contribution >= 4 is 23.4 Å². The Morgan fingerprint density at radius 1 is 0.611 bits per heavy atom. The molecule has 2 aromatic rings. The highest BCUT2D eigenvalue weighted by Crippen LogP contribution is 2.09. The number of amides is 4. The minimum atomic E-state index is -0.115. The number of hydrogen-bond acceptors (Lipinski definition) is 4. The van der Waals surface area contributed by atoms with Gasteiger partial charge in [-0.25, -0.2) is 9.59 Å². The van der Waals surface area contributed by atoms with Gasteiger partial charge in [-0.15, -0.1) is 0 Å². The fourth-order valence-electron chi connectivity index (χ4n) is 3.45. The molecular weight excluding hydrogens is 456 g/mol. The maximum absolute atomic E-state index is 12.6. The number of rotatable bonds is 17. The summed E-state index contributed by atoms with van der Waals surface area (Å²) >= 11 is 0. The van der Waals surface area contributed by atoms with Crippen LogP contribution < -0.4 is 10.6 Å². The highest BCUT2D eigenvalue weighted by Gasteiger charge is 2.14. The molecule has 0 bridgehead atoms. The van der Waals surface area contributed by atoms with Crippen molar-refractivity contribution in [2.75, 3.05) is 63.2 Å². The molecule has 0 radical (unpaired) electrons. The lowest BCUT2D eigenvalue weighted by Gasteiger charge is -2.23. The van der Waals surface area contributed by atoms with Crippen LogP contribution in [-0.4, -0.2) is 74.5 Å². The third-order valence-corrected chi connectivity index (χ3v) is 5.57. The van der Waals surface area contributed by atoms with Crippen molar-refractivity contribution in [3.05, 3.63) is 60.7 Å². The predicted molar refractivity (Wildman–Crippen MR) is 146 cm³/mol. The van der Waals surface area contributed by atoms with Gasteiger partial charge < -0.3 is 29.9 Å². The molecule has 198 valence electrons. The third-order valence-electron chi connectivity index (χ3n) is 5.57. The first-order valence-electron chi connectivity index (χ1n) is 13.0. The number of anilines is 2. The second-order valence-electron chi connectivity index (χ2n) is 8.50. The zero-order chi connectivity index (χ0) is 25.8. The van der Waals surface area contributed by atoms with Gasteiger partial charge >= 0.3 is 12.1 Å². The lowest BCUT2D eigenvalue weighted by atomic mass is 10.3. The van der Waals surface area contributed by atoms with Gasteiger partial charge in [-0.3, -0.25) is 0 Å². The summed E-state index contributed by atoms with van der Waals surface area (Å²) in [6, 6.07) is 18.7. The van der Waals surface area contributed by atoms with Gasteiger partial charge in [0.1, 0.15) is 0 Å². The van der Waals surface area contributed by atoms with Crippen molar-refractivity contribution in [1.29, 1.82) is 0 Å². The van der Waals surface area contributed by atoms with Crippen molar-refractivity contribution in [2.45, 2.75) is 39.5 Å². The van der Waals surface area contributed by atoms with E-state index in [1.165, 1.54) is 0 Å². The average molecular weight is 499 g/mol. The summed E-state index contributed by atoms with van der Waals surface area (Å²) in [7, 11) is 0. The minimum absolute atomic E-state index is 0.115. The van der Waals surface area contributed by atoms with Gasteiger partial charge in [0.25, 0.3) is 0 Å². The molecular formula is C28H42N4O4. The van der Waals surface area contributed by atoms with Crippen LogP contribution >= 0.6 is 0 Å². The molecule has 2 aromatic carbocycles. The van der Waals surface area contributed by atoms with E-state index in [9.17, 15) is 9.59 Å². The first-order valence-corrected chi connectivity index (χ1v) is 13.0. The second kappa shape index (κ2) is 18.2. The zero-order valence-corrected chi connectivity index (χ0v) is 21.8. The third kappa shape index (κ3) is 12.0. The summed E-state index contributed by atoms with van der Waals surface area (Å²) in [5, 5.41) is 5.88. The van der Waals surface area contributed by atoms with Crippen molar-refractivity contribution in [3.63, 3.8) is 0 Å². The number of hydrogen-bond donors (Lipinski definition) is 2. The number of para-hydroxylation sites is 2. The van der Waals surface area contributed by atoms with Gasteiger partial charge in [-0.1, -0.05) is 63.1 Å². The molecule has 0 fully saturated rings. The molecule has 0 saturated carbocycles. The van der Waals surface area contributed by atoms with Crippen LogP contribution in [0, 0.1) is 0 Å². The normalized spacial score (nSPS) is 10.6. The summed E-state index contributed by atoms with van der Waals surface area (Å²) in [5.41, 5.74) is 1.56. The molecule has 0 aromatic heterocycles. The summed E-state index contributed by atoms with van der Waals surface area (Å²) in [6.45, 7) is 8.38. The number of nitrogens with one attached hydrogen (secondary N) is 2. The molecule has 0 spiro atoms. The Labute approximate surface area is 215 Å². The Hall–Kier alpha value is -3.10. The summed E-state index contributed by atoms with van der Waals surface area (Å²) in [6.07, 6.45) is 3.92. The molecule has 0 atom stereocenters. The van der Waals surface area contributed by atoms with E-state index in [1.54, 1.807) is 9.80 Å². The second-order valence-corrected chi connectivity index (χ2v) is 8.50. The molecule has 36 heavy (non-hydrogen) atoms. The van der Waals surface area contributed by atoms with Gasteiger partial charge in [-0.2, -0.15) is 0 Å². The molecule has 8 heteroatoms. The molecule has 0 aliphatic carbocycles. The van der Waals surface area contributed by atoms with Crippen LogP contribution in [0.25, 0.3) is 0 Å². The molecule has 0 aliphatic heterocycles. The van der Waals surface area contributed by atoms with Gasteiger partial charge in [0.15, 0.2) is 0 Å². The minimum Gasteiger partial charge on any atom is -0.377 e. The number of carbonyl (C=O) groups excluding carboxylic acids is 2. The Morgan fingerprint density at radius 3 is 1.36 bits per heavy atom. The van der Waals surface area contributed by atoms with E-state index in [4.69, 9.17) is 9.47 Å². The highest BCUT2D eigenvalue weighted by molar-refractivity contribution is 5.89. The van der Waals surface area contributed by atoms with E-state index in [-0.39, 0.29) is 12.1 Å². The van der Waals surface area contributed by atoms with Crippen LogP contribution in [-0.2, 0) is 9.47 Å². The first-order chi connectivity index (χ1) is 17.6. The van der Waals surface area contributed by atoms with Crippen LogP contribution in [0.4, 0.5) is 21.0 Å². The number of urea groups is 2. The molecule has 2 N–H and O–H groups in total. The van der Waals surface area contributed by atoms with Crippen LogP contribution in [0.1, 0.15) is 39.5 Å². The average Bonchev–Trinajstić information content (AvgIpc) is 2.90. The van der Waals surface area contributed by atoms with E-state index in [0.29, 0.717) is 52.6 Å². The fraction of sp³-hybridized carbons (Fsp3) is 0.500. The van der Waals surface area contributed by atoms with Crippen LogP contribution in [0.3, 0.4) is 0 Å². The van der Waals surface area contributed by atoms with E-state index < -0.39 is 0 Å². The zero-order valence-electron chi connectivity index (χ0n) is 21.8. The Kier molecular flexibility index (Phi) is 14.7. The quantitative estimate of drug-likeness (QED) is 0.275. The molecule has 8 nitrogen and oxygen atoms in total. The van der Waals surface area contributed by atoms with E-state index in [2.05, 4.69) is 24.5 Å². The van der Waals surface area contributed by atoms with Crippen LogP contribution in [0.2, 0.25) is 0 Å². The summed E-state index contributed by atoms with van der Waals surface area (Å²) in [4.78, 5) is 28.8. The standard InChI is InChI=1S/C28H42N4O4/c1-3-5-17-31(27(33)29-25-13-9-7-10-14-25)19-21-35-23-24-36-22-20-32(18-6-4-2)28(34)30-26-15-11-8-12-16-26/h7-16H,3-6,17-24H2,1-2H3,(H,29,33)(H,30,34). The van der Waals surface area contributed by atoms with E-state index in [0.717, 1.165) is 37.1 Å². The van der Waals surface area contributed by atoms with Gasteiger partial charge in [-0.05, 0) is 37.1 Å². The Bertz CT molecular complexity index is 780. The van der Waals surface area contributed by atoms with E-state index >= 15 is 0 Å². The van der Waals surface area contributed by atoms with Crippen LogP contribution in [0.5, 0.6) is 0 Å². The van der Waals surface area contributed by atoms with Crippen molar-refractivity contribution in [3.8, 4) is 0 Å². The molecule has 4 amide bonds. The number of benzene rings is 2. The van der Waals surface area contributed by atoms with Gasteiger partial charge in [0, 0.05) is 37.6 Å². The lowest BCUT2D eigenvalue weighted by Crippen LogP contribution is -2.38. The predicted octanol–water partition coefficient (Wildman–Crippen LogP) is 5.69. The monoisotopic (exact) mass is 498 g/mol. The SMILES string of the molecule is CCCCN(CCOCCOCCN(CCCC)C(=O)Nc1ccccc1)C(=O)Nc1ccccc1. The molecule has 2 rings (SSSR count). The lowest BCUT2D eigenvalue weighted by molar-refractivity contribution is 0.0371. The van der Waals surface area contributed by atoms with Crippen LogP contribution in [0.15, 0.2) is 60.7 Å². The van der Waals surface area contributed by atoms with Crippen molar-refractivity contribution in [2.24, 2.45) is 0 Å². The maximum atomic E-state index is 12.6. The summed E-state index contributed by atoms with van der Waals surface area (Å²) < 4.78 is 11.4. The smallest absolute Gasteiger partial charge is 0.321 e. The summed E-state index contributed by atoms with van der Waals surface area (Å²) in [5.74, 6) is 0. The Balaban J connectivity index is 1.64. The molecule has 0 aliphatic rings. The van der Waals surface area contributed by atoms with Gasteiger partial charge in [0.2, 0.25) is 0 Å². The first kappa shape index (κ1) is 29.1. The maximum Gasteiger partial charge on any atom is 0.321 e. The van der Waals surface area contributed by atoms with E-state index in [1.807, 2.05) is 60.7 Å². The molecule has 0 heterocycles. The van der Waals surface area contributed by atoms with Gasteiger partial charge in [0.05, 0.1) is 26.4 Å².